The van der Waals surface area contributed by atoms with Gasteiger partial charge in [0.05, 0.1) is 11.4 Å². The van der Waals surface area contributed by atoms with E-state index in [4.69, 9.17) is 19.9 Å². The molecule has 0 saturated heterocycles. The molecule has 152 valence electrons. The third kappa shape index (κ3) is 5.22. The van der Waals surface area contributed by atoms with Gasteiger partial charge in [0.15, 0.2) is 0 Å². The number of oxime groups is 4. The van der Waals surface area contributed by atoms with E-state index in [9.17, 15) is 0 Å². The Kier molecular flexibility index (Phi) is 7.53. The molecule has 0 bridgehead atoms. The van der Waals surface area contributed by atoms with E-state index in [0.717, 1.165) is 0 Å². The van der Waals surface area contributed by atoms with E-state index < -0.39 is 6.55 Å². The second kappa shape index (κ2) is 10.1. The van der Waals surface area contributed by atoms with Crippen molar-refractivity contribution in [3.63, 3.8) is 0 Å². The molecule has 0 amide bonds. The minimum absolute atomic E-state index is 0.304. The molecule has 29 heavy (non-hydrogen) atoms. The van der Waals surface area contributed by atoms with Crippen LogP contribution in [0.2, 0.25) is 0 Å². The first kappa shape index (κ1) is 21.7. The van der Waals surface area contributed by atoms with Gasteiger partial charge in [0.1, 0.15) is 11.4 Å². The number of rotatable bonds is 8. The summed E-state index contributed by atoms with van der Waals surface area (Å²) in [5.41, 5.74) is 2.76. The highest BCUT2D eigenvalue weighted by Gasteiger charge is 2.36. The Morgan fingerprint density at radius 3 is 1.28 bits per heavy atom. The van der Waals surface area contributed by atoms with Gasteiger partial charge in [-0.1, -0.05) is 71.0 Å². The van der Waals surface area contributed by atoms with E-state index in [-0.39, 0.29) is 0 Å². The minimum atomic E-state index is -2.39. The van der Waals surface area contributed by atoms with Crippen molar-refractivity contribution in [3.05, 3.63) is 60.7 Å². The summed E-state index contributed by atoms with van der Waals surface area (Å²) in [7, 11) is 0. The molecule has 0 aliphatic carbocycles. The molecule has 0 fully saturated rings. The first-order chi connectivity index (χ1) is 13.9. The maximum atomic E-state index is 9.00. The molecule has 0 aliphatic heterocycles. The van der Waals surface area contributed by atoms with Crippen molar-refractivity contribution in [1.29, 1.82) is 0 Å². The average molecular weight is 395 g/mol. The Morgan fingerprint density at radius 2 is 0.966 bits per heavy atom. The van der Waals surface area contributed by atoms with E-state index >= 15 is 0 Å². The maximum Gasteiger partial charge on any atom is 0.445 e. The van der Waals surface area contributed by atoms with Crippen LogP contribution in [0.5, 0.6) is 0 Å². The van der Waals surface area contributed by atoms with Gasteiger partial charge in [0.25, 0.3) is 0 Å². The first-order valence-electron chi connectivity index (χ1n) is 9.03. The first-order valence-corrected chi connectivity index (χ1v) is 9.03. The van der Waals surface area contributed by atoms with E-state index in [2.05, 4.69) is 20.6 Å². The van der Waals surface area contributed by atoms with Gasteiger partial charge in [-0.3, -0.25) is 0 Å². The Hall–Kier alpha value is -3.62. The van der Waals surface area contributed by atoms with Crippen molar-refractivity contribution < 1.29 is 19.9 Å². The maximum absolute atomic E-state index is 9.00. The number of hydrogen-bond donors (Lipinski definition) is 2. The molecule has 0 aromatic heterocycles. The van der Waals surface area contributed by atoms with E-state index in [0.29, 0.717) is 33.8 Å². The molecular weight excluding hydrogens is 371 g/mol. The summed E-state index contributed by atoms with van der Waals surface area (Å²) < 4.78 is 12.0. The fraction of sp³-hybridized carbons (Fsp3) is 0.200. The van der Waals surface area contributed by atoms with Crippen molar-refractivity contribution in [3.8, 4) is 0 Å². The summed E-state index contributed by atoms with van der Waals surface area (Å²) in [4.78, 5) is 0. The van der Waals surface area contributed by atoms with Crippen LogP contribution in [-0.4, -0.2) is 39.8 Å². The zero-order valence-corrected chi connectivity index (χ0v) is 16.9. The van der Waals surface area contributed by atoms with Gasteiger partial charge in [0.2, 0.25) is 0 Å². The molecule has 0 heterocycles. The van der Waals surface area contributed by atoms with Crippen LogP contribution in [0.1, 0.15) is 27.7 Å². The lowest BCUT2D eigenvalue weighted by Crippen LogP contribution is -2.62. The lowest BCUT2D eigenvalue weighted by atomic mass is 9.47. The normalized spacial score (nSPS) is 13.9. The van der Waals surface area contributed by atoms with Crippen LogP contribution in [0.3, 0.4) is 0 Å². The highest BCUT2D eigenvalue weighted by Crippen LogP contribution is 2.12. The molecule has 0 atom stereocenters. The summed E-state index contributed by atoms with van der Waals surface area (Å²) in [6, 6.07) is 18.6. The zero-order chi connectivity index (χ0) is 21.3. The molecule has 0 spiro atoms. The lowest BCUT2D eigenvalue weighted by Gasteiger charge is -2.38. The summed E-state index contributed by atoms with van der Waals surface area (Å²) >= 11 is 0. The molecule has 9 heteroatoms. The standard InChI is InChI=1S/C20H24BN4O4/c1-15(22-26)17(3)24-28-21(19-11-7-5-8-12-19,20-13-9-6-10-14-20)29-25-18(4)16(2)23-27/h5-14,26-27H,1-4H3/q-1/b22-15+,23-16+,24-17+,25-18+. The van der Waals surface area contributed by atoms with E-state index in [1.807, 2.05) is 60.7 Å². The monoisotopic (exact) mass is 395 g/mol. The molecule has 0 aliphatic rings. The highest BCUT2D eigenvalue weighted by molar-refractivity contribution is 6.92. The number of nitrogens with zero attached hydrogens (tertiary/aromatic N) is 4. The van der Waals surface area contributed by atoms with Gasteiger partial charge in [-0.15, -0.1) is 21.2 Å². The predicted octanol–water partition coefficient (Wildman–Crippen LogP) is 2.73. The van der Waals surface area contributed by atoms with Crippen LogP contribution in [-0.2, 0) is 9.51 Å². The van der Waals surface area contributed by atoms with Gasteiger partial charge in [-0.05, 0) is 27.7 Å². The van der Waals surface area contributed by atoms with Crippen molar-refractivity contribution in [2.75, 3.05) is 0 Å². The van der Waals surface area contributed by atoms with Gasteiger partial charge >= 0.3 is 6.55 Å². The second-order valence-electron chi connectivity index (χ2n) is 6.47. The van der Waals surface area contributed by atoms with Crippen LogP contribution >= 0.6 is 0 Å². The van der Waals surface area contributed by atoms with Gasteiger partial charge in [-0.2, -0.15) is 0 Å². The van der Waals surface area contributed by atoms with E-state index in [1.54, 1.807) is 27.7 Å². The molecular formula is C20H24BN4O4-. The smallest absolute Gasteiger partial charge is 0.445 e. The van der Waals surface area contributed by atoms with Crippen LogP contribution in [0.15, 0.2) is 81.3 Å². The third-order valence-electron chi connectivity index (χ3n) is 4.50. The van der Waals surface area contributed by atoms with Crippen LogP contribution in [0.4, 0.5) is 0 Å². The largest absolute Gasteiger partial charge is 0.567 e. The zero-order valence-electron chi connectivity index (χ0n) is 16.9. The fourth-order valence-corrected chi connectivity index (χ4v) is 2.45. The van der Waals surface area contributed by atoms with Crippen molar-refractivity contribution in [2.24, 2.45) is 20.6 Å². The molecule has 0 unspecified atom stereocenters. The van der Waals surface area contributed by atoms with Crippen LogP contribution < -0.4 is 10.9 Å². The van der Waals surface area contributed by atoms with Crippen LogP contribution in [0, 0.1) is 0 Å². The SMILES string of the molecule is CC(=N\O)/C(C)=N/O[B-](O/N=C(C)/C(C)=N/O)(c1ccccc1)c1ccccc1. The highest BCUT2D eigenvalue weighted by atomic mass is 16.7. The fourth-order valence-electron chi connectivity index (χ4n) is 2.45. The van der Waals surface area contributed by atoms with Gasteiger partial charge in [-0.25, -0.2) is 0 Å². The quantitative estimate of drug-likeness (QED) is 0.310. The minimum Gasteiger partial charge on any atom is -0.567 e. The second-order valence-corrected chi connectivity index (χ2v) is 6.47. The van der Waals surface area contributed by atoms with Gasteiger partial charge < -0.3 is 19.9 Å². The van der Waals surface area contributed by atoms with Crippen LogP contribution in [0.25, 0.3) is 0 Å². The van der Waals surface area contributed by atoms with Crippen molar-refractivity contribution >= 4 is 40.3 Å². The van der Waals surface area contributed by atoms with Crippen molar-refractivity contribution in [2.45, 2.75) is 27.7 Å². The van der Waals surface area contributed by atoms with E-state index in [1.165, 1.54) is 0 Å². The molecule has 8 nitrogen and oxygen atoms in total. The molecule has 2 aromatic carbocycles. The molecule has 0 radical (unpaired) electrons. The topological polar surface area (TPSA) is 108 Å². The summed E-state index contributed by atoms with van der Waals surface area (Å²) in [6.07, 6.45) is 0. The Bertz CT molecular complexity index is 851. The summed E-state index contributed by atoms with van der Waals surface area (Å²) in [5.74, 6) is 0. The molecule has 2 N–H and O–H groups in total. The molecule has 2 aromatic rings. The molecule has 2 rings (SSSR count). The predicted molar refractivity (Wildman–Crippen MR) is 116 cm³/mol. The number of hydrogen-bond acceptors (Lipinski definition) is 8. The van der Waals surface area contributed by atoms with Crippen molar-refractivity contribution in [1.82, 2.24) is 0 Å². The molecule has 0 saturated carbocycles. The summed E-state index contributed by atoms with van der Waals surface area (Å²) in [6.45, 7) is 4.13. The summed E-state index contributed by atoms with van der Waals surface area (Å²) in [5, 5.41) is 32.6. The van der Waals surface area contributed by atoms with Gasteiger partial charge in [0, 0.05) is 0 Å². The Labute approximate surface area is 169 Å². The average Bonchev–Trinajstić information content (AvgIpc) is 2.79. The Morgan fingerprint density at radius 1 is 0.621 bits per heavy atom. The third-order valence-corrected chi connectivity index (χ3v) is 4.50. The Balaban J connectivity index is 2.65. The lowest BCUT2D eigenvalue weighted by molar-refractivity contribution is 0.206. The number of benzene rings is 2.